The second kappa shape index (κ2) is 4.03. The molecule has 0 amide bonds. The number of rotatable bonds is 3. The van der Waals surface area contributed by atoms with E-state index in [1.807, 2.05) is 38.1 Å². The summed E-state index contributed by atoms with van der Waals surface area (Å²) in [7, 11) is 0. The van der Waals surface area contributed by atoms with Crippen molar-refractivity contribution in [2.24, 2.45) is 5.92 Å². The molecule has 1 aromatic carbocycles. The molecule has 1 heterocycles. The Labute approximate surface area is 88.7 Å². The maximum atomic E-state index is 9.93. The molecular formula is C12H15NO2. The molecule has 0 radical (unpaired) electrons. The molecule has 0 saturated carbocycles. The predicted octanol–water partition coefficient (Wildman–Crippen LogP) is 2.91. The van der Waals surface area contributed by atoms with Crippen LogP contribution in [0.15, 0.2) is 28.7 Å². The molecular weight excluding hydrogens is 190 g/mol. The van der Waals surface area contributed by atoms with Gasteiger partial charge in [-0.05, 0) is 18.1 Å². The van der Waals surface area contributed by atoms with Crippen molar-refractivity contribution in [3.05, 3.63) is 30.2 Å². The summed E-state index contributed by atoms with van der Waals surface area (Å²) in [6.07, 6.45) is 0.294. The third kappa shape index (κ3) is 1.88. The van der Waals surface area contributed by atoms with Gasteiger partial charge >= 0.3 is 0 Å². The van der Waals surface area contributed by atoms with E-state index < -0.39 is 6.10 Å². The molecule has 0 aliphatic heterocycles. The molecule has 0 saturated heterocycles. The van der Waals surface area contributed by atoms with Crippen LogP contribution in [0, 0.1) is 5.92 Å². The van der Waals surface area contributed by atoms with Crippen LogP contribution in [0.2, 0.25) is 0 Å². The normalized spacial score (nSPS) is 15.4. The van der Waals surface area contributed by atoms with E-state index in [1.165, 1.54) is 0 Å². The van der Waals surface area contributed by atoms with Gasteiger partial charge in [-0.25, -0.2) is 4.98 Å². The maximum absolute atomic E-state index is 9.93. The molecule has 2 aromatic rings. The minimum atomic E-state index is -0.609. The lowest BCUT2D eigenvalue weighted by atomic mass is 10.0. The fourth-order valence-electron chi connectivity index (χ4n) is 1.48. The van der Waals surface area contributed by atoms with Crippen LogP contribution < -0.4 is 0 Å². The number of aliphatic hydroxyl groups is 1. The molecule has 0 fully saturated rings. The van der Waals surface area contributed by atoms with Crippen molar-refractivity contribution in [2.75, 3.05) is 0 Å². The summed E-state index contributed by atoms with van der Waals surface area (Å²) in [6, 6.07) is 7.54. The summed E-state index contributed by atoms with van der Waals surface area (Å²) in [4.78, 5) is 4.26. The zero-order valence-corrected chi connectivity index (χ0v) is 8.97. The van der Waals surface area contributed by atoms with Gasteiger partial charge in [0.1, 0.15) is 11.6 Å². The van der Waals surface area contributed by atoms with E-state index in [0.717, 1.165) is 17.5 Å². The molecule has 80 valence electrons. The molecule has 0 aliphatic carbocycles. The monoisotopic (exact) mass is 205 g/mol. The van der Waals surface area contributed by atoms with Crippen molar-refractivity contribution in [1.82, 2.24) is 4.98 Å². The Hall–Kier alpha value is -1.35. The number of hydrogen-bond donors (Lipinski definition) is 1. The number of aromatic nitrogens is 1. The Morgan fingerprint density at radius 1 is 1.40 bits per heavy atom. The topological polar surface area (TPSA) is 46.3 Å². The van der Waals surface area contributed by atoms with Crippen molar-refractivity contribution in [1.29, 1.82) is 0 Å². The first-order valence-corrected chi connectivity index (χ1v) is 5.26. The van der Waals surface area contributed by atoms with Gasteiger partial charge in [0.15, 0.2) is 5.58 Å². The molecule has 0 spiro atoms. The average Bonchev–Trinajstić information content (AvgIpc) is 2.70. The molecule has 0 aliphatic rings. The highest BCUT2D eigenvalue weighted by Gasteiger charge is 2.20. The zero-order chi connectivity index (χ0) is 10.8. The highest BCUT2D eigenvalue weighted by atomic mass is 16.4. The number of hydrogen-bond acceptors (Lipinski definition) is 3. The zero-order valence-electron chi connectivity index (χ0n) is 8.97. The van der Waals surface area contributed by atoms with Crippen molar-refractivity contribution >= 4 is 11.1 Å². The number of oxazole rings is 1. The van der Waals surface area contributed by atoms with Gasteiger partial charge in [-0.15, -0.1) is 0 Å². The fourth-order valence-corrected chi connectivity index (χ4v) is 1.48. The van der Waals surface area contributed by atoms with Crippen LogP contribution in [0.25, 0.3) is 11.1 Å². The van der Waals surface area contributed by atoms with Gasteiger partial charge in [0.2, 0.25) is 5.89 Å². The van der Waals surface area contributed by atoms with E-state index in [0.29, 0.717) is 5.89 Å². The van der Waals surface area contributed by atoms with Crippen molar-refractivity contribution < 1.29 is 9.52 Å². The minimum absolute atomic E-state index is 0.165. The summed E-state index contributed by atoms with van der Waals surface area (Å²) in [5, 5.41) is 9.93. The van der Waals surface area contributed by atoms with Crippen LogP contribution >= 0.6 is 0 Å². The van der Waals surface area contributed by atoms with Crippen LogP contribution in [0.1, 0.15) is 32.3 Å². The lowest BCUT2D eigenvalue weighted by Crippen LogP contribution is -2.08. The van der Waals surface area contributed by atoms with Crippen LogP contribution in [-0.4, -0.2) is 10.1 Å². The van der Waals surface area contributed by atoms with E-state index in [-0.39, 0.29) is 5.92 Å². The first-order chi connectivity index (χ1) is 7.22. The van der Waals surface area contributed by atoms with Gasteiger partial charge in [-0.3, -0.25) is 0 Å². The van der Waals surface area contributed by atoms with Gasteiger partial charge in [-0.2, -0.15) is 0 Å². The van der Waals surface area contributed by atoms with Crippen molar-refractivity contribution in [3.63, 3.8) is 0 Å². The van der Waals surface area contributed by atoms with Crippen LogP contribution in [0.5, 0.6) is 0 Å². The second-order valence-electron chi connectivity index (χ2n) is 3.85. The standard InChI is InChI=1S/C12H15NO2/c1-3-8(2)11(14)12-13-9-6-4-5-7-10(9)15-12/h4-8,11,14H,3H2,1-2H3/t8-,11?/m1/s1. The van der Waals surface area contributed by atoms with E-state index in [4.69, 9.17) is 4.42 Å². The molecule has 2 rings (SSSR count). The molecule has 15 heavy (non-hydrogen) atoms. The number of benzene rings is 1. The predicted molar refractivity (Wildman–Crippen MR) is 58.4 cm³/mol. The largest absolute Gasteiger partial charge is 0.438 e. The van der Waals surface area contributed by atoms with E-state index in [1.54, 1.807) is 0 Å². The smallest absolute Gasteiger partial charge is 0.224 e. The van der Waals surface area contributed by atoms with Crippen LogP contribution in [-0.2, 0) is 0 Å². The first kappa shape index (κ1) is 10.2. The first-order valence-electron chi connectivity index (χ1n) is 5.26. The SMILES string of the molecule is CC[C@@H](C)C(O)c1nc2ccccc2o1. The summed E-state index contributed by atoms with van der Waals surface area (Å²) < 4.78 is 5.49. The Morgan fingerprint density at radius 3 is 2.80 bits per heavy atom. The number of para-hydroxylation sites is 2. The minimum Gasteiger partial charge on any atom is -0.438 e. The maximum Gasteiger partial charge on any atom is 0.224 e. The summed E-state index contributed by atoms with van der Waals surface area (Å²) in [5.41, 5.74) is 1.53. The Morgan fingerprint density at radius 2 is 2.13 bits per heavy atom. The molecule has 1 aromatic heterocycles. The Bertz CT molecular complexity index is 417. The lowest BCUT2D eigenvalue weighted by molar-refractivity contribution is 0.0887. The van der Waals surface area contributed by atoms with Gasteiger partial charge < -0.3 is 9.52 Å². The van der Waals surface area contributed by atoms with Gasteiger partial charge in [0.25, 0.3) is 0 Å². The highest BCUT2D eigenvalue weighted by Crippen LogP contribution is 2.26. The molecule has 3 heteroatoms. The number of aliphatic hydroxyl groups excluding tert-OH is 1. The van der Waals surface area contributed by atoms with E-state index >= 15 is 0 Å². The molecule has 1 unspecified atom stereocenters. The summed E-state index contributed by atoms with van der Waals surface area (Å²) in [6.45, 7) is 4.02. The Kier molecular flexibility index (Phi) is 2.73. The average molecular weight is 205 g/mol. The van der Waals surface area contributed by atoms with Crippen molar-refractivity contribution in [3.8, 4) is 0 Å². The molecule has 3 nitrogen and oxygen atoms in total. The molecule has 0 bridgehead atoms. The third-order valence-electron chi connectivity index (χ3n) is 2.75. The van der Waals surface area contributed by atoms with Crippen LogP contribution in [0.3, 0.4) is 0 Å². The lowest BCUT2D eigenvalue weighted by Gasteiger charge is -2.12. The van der Waals surface area contributed by atoms with E-state index in [9.17, 15) is 5.11 Å². The highest BCUT2D eigenvalue weighted by molar-refractivity contribution is 5.72. The van der Waals surface area contributed by atoms with Crippen LogP contribution in [0.4, 0.5) is 0 Å². The summed E-state index contributed by atoms with van der Waals surface area (Å²) in [5.74, 6) is 0.587. The Balaban J connectivity index is 2.36. The molecule has 1 N–H and O–H groups in total. The molecule has 2 atom stereocenters. The van der Waals surface area contributed by atoms with Gasteiger partial charge in [0, 0.05) is 0 Å². The number of nitrogens with zero attached hydrogens (tertiary/aromatic N) is 1. The fraction of sp³-hybridized carbons (Fsp3) is 0.417. The number of fused-ring (bicyclic) bond motifs is 1. The van der Waals surface area contributed by atoms with E-state index in [2.05, 4.69) is 4.98 Å². The van der Waals surface area contributed by atoms with Gasteiger partial charge in [-0.1, -0.05) is 32.4 Å². The third-order valence-corrected chi connectivity index (χ3v) is 2.75. The van der Waals surface area contributed by atoms with Gasteiger partial charge in [0.05, 0.1) is 0 Å². The van der Waals surface area contributed by atoms with Crippen molar-refractivity contribution in [2.45, 2.75) is 26.4 Å². The second-order valence-corrected chi connectivity index (χ2v) is 3.85. The summed E-state index contributed by atoms with van der Waals surface area (Å²) >= 11 is 0. The quantitative estimate of drug-likeness (QED) is 0.838.